The first-order valence-electron chi connectivity index (χ1n) is 6.27. The normalized spacial score (nSPS) is 21.2. The van der Waals surface area contributed by atoms with Gasteiger partial charge in [0.15, 0.2) is 0 Å². The molecule has 104 valence electrons. The minimum atomic E-state index is -4.18. The smallest absolute Gasteiger partial charge is 0.368 e. The molecule has 0 atom stereocenters. The molecule has 0 aromatic heterocycles. The highest BCUT2D eigenvalue weighted by atomic mass is 19.4. The Kier molecular flexibility index (Phi) is 2.92. The third-order valence-corrected chi connectivity index (χ3v) is 3.91. The van der Waals surface area contributed by atoms with Gasteiger partial charge in [-0.15, -0.1) is 0 Å². The fraction of sp³-hybridized carbons (Fsp3) is 0.538. The SMILES string of the molecule is Fc1cc(C2CNC2)ccc1N1CC(C(F)(F)F)C1. The fourth-order valence-electron chi connectivity index (χ4n) is 2.44. The van der Waals surface area contributed by atoms with Gasteiger partial charge in [-0.2, -0.15) is 13.2 Å². The van der Waals surface area contributed by atoms with Crippen molar-refractivity contribution in [1.82, 2.24) is 5.32 Å². The van der Waals surface area contributed by atoms with E-state index < -0.39 is 17.9 Å². The van der Waals surface area contributed by atoms with E-state index in [4.69, 9.17) is 0 Å². The van der Waals surface area contributed by atoms with Gasteiger partial charge in [0.05, 0.1) is 11.6 Å². The molecular formula is C13H14F4N2. The molecule has 2 aliphatic heterocycles. The standard InChI is InChI=1S/C13H14F4N2/c14-11-3-8(9-4-18-5-9)1-2-12(11)19-6-10(7-19)13(15,16)17/h1-3,9-10,18H,4-7H2. The number of nitrogens with one attached hydrogen (secondary N) is 1. The lowest BCUT2D eigenvalue weighted by atomic mass is 9.92. The highest BCUT2D eigenvalue weighted by Crippen LogP contribution is 2.37. The van der Waals surface area contributed by atoms with Crippen molar-refractivity contribution >= 4 is 5.69 Å². The third kappa shape index (κ3) is 2.29. The Hall–Kier alpha value is -1.30. The lowest BCUT2D eigenvalue weighted by Crippen LogP contribution is -2.53. The quantitative estimate of drug-likeness (QED) is 0.834. The van der Waals surface area contributed by atoms with E-state index in [9.17, 15) is 17.6 Å². The van der Waals surface area contributed by atoms with E-state index in [-0.39, 0.29) is 18.8 Å². The van der Waals surface area contributed by atoms with E-state index in [1.165, 1.54) is 11.0 Å². The predicted octanol–water partition coefficient (Wildman–Crippen LogP) is 2.51. The van der Waals surface area contributed by atoms with Crippen molar-refractivity contribution in [2.45, 2.75) is 12.1 Å². The number of benzene rings is 1. The average molecular weight is 274 g/mol. The Morgan fingerprint density at radius 1 is 1.16 bits per heavy atom. The van der Waals surface area contributed by atoms with Crippen LogP contribution >= 0.6 is 0 Å². The van der Waals surface area contributed by atoms with E-state index in [1.807, 2.05) is 6.07 Å². The second kappa shape index (κ2) is 4.37. The maximum Gasteiger partial charge on any atom is 0.395 e. The Morgan fingerprint density at radius 2 is 1.84 bits per heavy atom. The summed E-state index contributed by atoms with van der Waals surface area (Å²) >= 11 is 0. The molecule has 1 aromatic rings. The van der Waals surface area contributed by atoms with Crippen LogP contribution in [0.25, 0.3) is 0 Å². The molecule has 0 radical (unpaired) electrons. The summed E-state index contributed by atoms with van der Waals surface area (Å²) in [4.78, 5) is 1.44. The van der Waals surface area contributed by atoms with Crippen LogP contribution in [0.15, 0.2) is 18.2 Å². The topological polar surface area (TPSA) is 15.3 Å². The number of hydrogen-bond donors (Lipinski definition) is 1. The fourth-order valence-corrected chi connectivity index (χ4v) is 2.44. The number of anilines is 1. The van der Waals surface area contributed by atoms with Crippen molar-refractivity contribution in [2.24, 2.45) is 5.92 Å². The first kappa shape index (κ1) is 12.7. The molecule has 0 aliphatic carbocycles. The molecule has 3 rings (SSSR count). The molecule has 2 nitrogen and oxygen atoms in total. The van der Waals surface area contributed by atoms with Crippen molar-refractivity contribution in [3.63, 3.8) is 0 Å². The lowest BCUT2D eigenvalue weighted by molar-refractivity contribution is -0.180. The van der Waals surface area contributed by atoms with Crippen LogP contribution in [0.1, 0.15) is 11.5 Å². The van der Waals surface area contributed by atoms with Crippen molar-refractivity contribution in [2.75, 3.05) is 31.1 Å². The van der Waals surface area contributed by atoms with Crippen molar-refractivity contribution in [1.29, 1.82) is 0 Å². The molecule has 0 bridgehead atoms. The van der Waals surface area contributed by atoms with Gasteiger partial charge in [0.2, 0.25) is 0 Å². The Morgan fingerprint density at radius 3 is 2.32 bits per heavy atom. The molecule has 6 heteroatoms. The second-order valence-corrected chi connectivity index (χ2v) is 5.21. The van der Waals surface area contributed by atoms with E-state index >= 15 is 0 Å². The van der Waals surface area contributed by atoms with Crippen LogP contribution in [0.5, 0.6) is 0 Å². The van der Waals surface area contributed by atoms with Gasteiger partial charge in [-0.25, -0.2) is 4.39 Å². The molecule has 19 heavy (non-hydrogen) atoms. The van der Waals surface area contributed by atoms with Gasteiger partial charge in [-0.3, -0.25) is 0 Å². The highest BCUT2D eigenvalue weighted by molar-refractivity contribution is 5.52. The Labute approximate surface area is 108 Å². The van der Waals surface area contributed by atoms with Gasteiger partial charge in [-0.1, -0.05) is 6.07 Å². The van der Waals surface area contributed by atoms with Crippen molar-refractivity contribution in [3.8, 4) is 0 Å². The first-order valence-corrected chi connectivity index (χ1v) is 6.27. The molecule has 1 N–H and O–H groups in total. The van der Waals surface area contributed by atoms with Crippen molar-refractivity contribution < 1.29 is 17.6 Å². The monoisotopic (exact) mass is 274 g/mol. The number of hydrogen-bond acceptors (Lipinski definition) is 2. The molecule has 2 heterocycles. The van der Waals surface area contributed by atoms with Crippen LogP contribution in [-0.4, -0.2) is 32.4 Å². The summed E-state index contributed by atoms with van der Waals surface area (Å²) in [5.41, 5.74) is 1.18. The first-order chi connectivity index (χ1) is 8.95. The number of alkyl halides is 3. The van der Waals surface area contributed by atoms with Gasteiger partial charge in [0, 0.05) is 32.1 Å². The van der Waals surface area contributed by atoms with E-state index in [0.717, 1.165) is 18.7 Å². The zero-order valence-corrected chi connectivity index (χ0v) is 10.2. The van der Waals surface area contributed by atoms with Gasteiger partial charge < -0.3 is 10.2 Å². The van der Waals surface area contributed by atoms with E-state index in [0.29, 0.717) is 5.92 Å². The van der Waals surface area contributed by atoms with Gasteiger partial charge >= 0.3 is 6.18 Å². The molecule has 0 saturated carbocycles. The van der Waals surface area contributed by atoms with Crippen LogP contribution < -0.4 is 10.2 Å². The molecule has 2 fully saturated rings. The molecule has 1 aromatic carbocycles. The highest BCUT2D eigenvalue weighted by Gasteiger charge is 2.47. The molecule has 2 saturated heterocycles. The van der Waals surface area contributed by atoms with Gasteiger partial charge in [-0.05, 0) is 17.7 Å². The minimum absolute atomic E-state index is 0.148. The zero-order chi connectivity index (χ0) is 13.6. The van der Waals surface area contributed by atoms with Crippen LogP contribution in [0.2, 0.25) is 0 Å². The maximum absolute atomic E-state index is 13.9. The summed E-state index contributed by atoms with van der Waals surface area (Å²) in [5.74, 6) is -1.43. The number of nitrogens with zero attached hydrogens (tertiary/aromatic N) is 1. The van der Waals surface area contributed by atoms with Crippen LogP contribution in [0, 0.1) is 11.7 Å². The predicted molar refractivity (Wildman–Crippen MR) is 63.8 cm³/mol. The van der Waals surface area contributed by atoms with Crippen LogP contribution in [0.4, 0.5) is 23.2 Å². The summed E-state index contributed by atoms with van der Waals surface area (Å²) in [6.07, 6.45) is -4.18. The van der Waals surface area contributed by atoms with Crippen LogP contribution in [0.3, 0.4) is 0 Å². The summed E-state index contributed by atoms with van der Waals surface area (Å²) in [5, 5.41) is 3.10. The van der Waals surface area contributed by atoms with E-state index in [1.54, 1.807) is 6.07 Å². The summed E-state index contributed by atoms with van der Waals surface area (Å²) in [6.45, 7) is 1.37. The summed E-state index contributed by atoms with van der Waals surface area (Å²) < 4.78 is 51.1. The molecule has 0 amide bonds. The largest absolute Gasteiger partial charge is 0.395 e. The van der Waals surface area contributed by atoms with Crippen molar-refractivity contribution in [3.05, 3.63) is 29.6 Å². The Balaban J connectivity index is 1.69. The molecule has 0 spiro atoms. The van der Waals surface area contributed by atoms with Crippen LogP contribution in [-0.2, 0) is 0 Å². The Bertz CT molecular complexity index is 476. The zero-order valence-electron chi connectivity index (χ0n) is 10.2. The molecule has 0 unspecified atom stereocenters. The second-order valence-electron chi connectivity index (χ2n) is 5.21. The minimum Gasteiger partial charge on any atom is -0.368 e. The third-order valence-electron chi connectivity index (χ3n) is 3.91. The maximum atomic E-state index is 13.9. The summed E-state index contributed by atoms with van der Waals surface area (Å²) in [6, 6.07) is 4.85. The average Bonchev–Trinajstić information content (AvgIpc) is 2.14. The number of rotatable bonds is 2. The van der Waals surface area contributed by atoms with Gasteiger partial charge in [0.1, 0.15) is 5.82 Å². The van der Waals surface area contributed by atoms with Gasteiger partial charge in [0.25, 0.3) is 0 Å². The summed E-state index contributed by atoms with van der Waals surface area (Å²) in [7, 11) is 0. The molecule has 2 aliphatic rings. The van der Waals surface area contributed by atoms with E-state index in [2.05, 4.69) is 5.32 Å². The number of halogens is 4. The lowest BCUT2D eigenvalue weighted by Gasteiger charge is -2.42. The molecular weight excluding hydrogens is 260 g/mol.